The van der Waals surface area contributed by atoms with Crippen molar-refractivity contribution in [3.05, 3.63) is 56.2 Å². The second kappa shape index (κ2) is 7.37. The Kier molecular flexibility index (Phi) is 5.47. The van der Waals surface area contributed by atoms with Gasteiger partial charge in [0, 0.05) is 6.07 Å². The Hall–Kier alpha value is -2.52. The number of anilines is 1. The van der Waals surface area contributed by atoms with Gasteiger partial charge >= 0.3 is 11.0 Å². The molecule has 1 aromatic carbocycles. The van der Waals surface area contributed by atoms with Gasteiger partial charge in [0.05, 0.1) is 15.6 Å². The standard InChI is InChI=1S/C14H10ClFN2O5S/c1-7(13(19)17-10-3-2-8(16)6-9(10)15)23-14(20)11-4-5-12(24-11)18(21)22/h2-7H,1H3,(H,17,19)/t7-/m0/s1. The Labute approximate surface area is 144 Å². The van der Waals surface area contributed by atoms with Crippen LogP contribution in [0.4, 0.5) is 15.1 Å². The van der Waals surface area contributed by atoms with E-state index in [0.717, 1.165) is 12.1 Å². The molecule has 1 aromatic heterocycles. The molecule has 0 saturated heterocycles. The number of hydrogen-bond donors (Lipinski definition) is 1. The van der Waals surface area contributed by atoms with Crippen LogP contribution in [0, 0.1) is 15.9 Å². The van der Waals surface area contributed by atoms with E-state index in [0.29, 0.717) is 11.3 Å². The summed E-state index contributed by atoms with van der Waals surface area (Å²) < 4.78 is 17.9. The number of carbonyl (C=O) groups excluding carboxylic acids is 2. The Morgan fingerprint density at radius 2 is 2.08 bits per heavy atom. The topological polar surface area (TPSA) is 98.5 Å². The highest BCUT2D eigenvalue weighted by molar-refractivity contribution is 7.17. The Morgan fingerprint density at radius 3 is 2.67 bits per heavy atom. The van der Waals surface area contributed by atoms with Gasteiger partial charge in [-0.25, -0.2) is 9.18 Å². The zero-order chi connectivity index (χ0) is 17.9. The molecule has 0 aliphatic heterocycles. The van der Waals surface area contributed by atoms with Crippen molar-refractivity contribution in [2.75, 3.05) is 5.32 Å². The molecule has 0 unspecified atom stereocenters. The van der Waals surface area contributed by atoms with Crippen LogP contribution in [0.15, 0.2) is 30.3 Å². The summed E-state index contributed by atoms with van der Waals surface area (Å²) in [6.07, 6.45) is -1.18. The lowest BCUT2D eigenvalue weighted by atomic mass is 10.3. The fourth-order valence-electron chi connectivity index (χ4n) is 1.63. The summed E-state index contributed by atoms with van der Waals surface area (Å²) in [5, 5.41) is 12.8. The molecule has 1 atom stereocenters. The van der Waals surface area contributed by atoms with E-state index in [1.54, 1.807) is 0 Å². The van der Waals surface area contributed by atoms with Crippen LogP contribution in [-0.4, -0.2) is 22.9 Å². The number of thiophene rings is 1. The second-order valence-corrected chi connectivity index (χ2v) is 6.03. The quantitative estimate of drug-likeness (QED) is 0.491. The first-order valence-electron chi connectivity index (χ1n) is 6.49. The van der Waals surface area contributed by atoms with Crippen LogP contribution in [-0.2, 0) is 9.53 Å². The Balaban J connectivity index is 2.00. The summed E-state index contributed by atoms with van der Waals surface area (Å²) >= 11 is 6.43. The summed E-state index contributed by atoms with van der Waals surface area (Å²) in [6, 6.07) is 5.82. The minimum Gasteiger partial charge on any atom is -0.448 e. The Bertz CT molecular complexity index is 810. The van der Waals surface area contributed by atoms with Crippen molar-refractivity contribution in [3.63, 3.8) is 0 Å². The van der Waals surface area contributed by atoms with Gasteiger partial charge in [-0.05, 0) is 31.2 Å². The second-order valence-electron chi connectivity index (χ2n) is 4.56. The van der Waals surface area contributed by atoms with E-state index >= 15 is 0 Å². The summed E-state index contributed by atoms with van der Waals surface area (Å²) in [5.41, 5.74) is 0.165. The minimum absolute atomic E-state index is 0.00108. The molecule has 2 rings (SSSR count). The highest BCUT2D eigenvalue weighted by Crippen LogP contribution is 2.25. The molecule has 1 heterocycles. The van der Waals surface area contributed by atoms with Crippen molar-refractivity contribution in [3.8, 4) is 0 Å². The number of rotatable bonds is 5. The molecule has 0 aliphatic carbocycles. The van der Waals surface area contributed by atoms with E-state index in [-0.39, 0.29) is 20.6 Å². The van der Waals surface area contributed by atoms with Gasteiger partial charge < -0.3 is 10.1 Å². The molecule has 0 aliphatic rings. The number of amides is 1. The van der Waals surface area contributed by atoms with E-state index < -0.39 is 28.7 Å². The predicted octanol–water partition coefficient (Wildman–Crippen LogP) is 3.63. The third-order valence-corrected chi connectivity index (χ3v) is 4.14. The summed E-state index contributed by atoms with van der Waals surface area (Å²) in [4.78, 5) is 33.8. The molecule has 1 amide bonds. The maximum Gasteiger partial charge on any atom is 0.349 e. The molecule has 24 heavy (non-hydrogen) atoms. The number of hydrogen-bond acceptors (Lipinski definition) is 6. The lowest BCUT2D eigenvalue weighted by Crippen LogP contribution is -2.29. The van der Waals surface area contributed by atoms with Gasteiger partial charge in [-0.3, -0.25) is 14.9 Å². The van der Waals surface area contributed by atoms with E-state index in [1.165, 1.54) is 25.1 Å². The smallest absolute Gasteiger partial charge is 0.349 e. The average Bonchev–Trinajstić information content (AvgIpc) is 3.00. The molecule has 0 spiro atoms. The van der Waals surface area contributed by atoms with Gasteiger partial charge in [-0.15, -0.1) is 0 Å². The third-order valence-electron chi connectivity index (χ3n) is 2.81. The average molecular weight is 373 g/mol. The van der Waals surface area contributed by atoms with Gasteiger partial charge in [0.2, 0.25) is 0 Å². The monoisotopic (exact) mass is 372 g/mol. The first-order valence-corrected chi connectivity index (χ1v) is 7.68. The molecular weight excluding hydrogens is 363 g/mol. The molecule has 0 saturated carbocycles. The third kappa shape index (κ3) is 4.27. The molecule has 0 fully saturated rings. The normalized spacial score (nSPS) is 11.6. The van der Waals surface area contributed by atoms with Crippen molar-refractivity contribution >= 4 is 45.5 Å². The van der Waals surface area contributed by atoms with Crippen LogP contribution in [0.1, 0.15) is 16.6 Å². The summed E-state index contributed by atoms with van der Waals surface area (Å²) in [6.45, 7) is 1.33. The van der Waals surface area contributed by atoms with Crippen LogP contribution in [0.2, 0.25) is 5.02 Å². The number of benzene rings is 1. The summed E-state index contributed by atoms with van der Waals surface area (Å²) in [7, 11) is 0. The molecule has 126 valence electrons. The zero-order valence-electron chi connectivity index (χ0n) is 12.1. The largest absolute Gasteiger partial charge is 0.448 e. The molecule has 2 aromatic rings. The molecular formula is C14H10ClFN2O5S. The molecule has 0 bridgehead atoms. The fraction of sp³-hybridized carbons (Fsp3) is 0.143. The molecule has 10 heteroatoms. The van der Waals surface area contributed by atoms with Gasteiger partial charge in [0.1, 0.15) is 10.7 Å². The van der Waals surface area contributed by atoms with Crippen LogP contribution < -0.4 is 5.32 Å². The van der Waals surface area contributed by atoms with Gasteiger partial charge in [-0.1, -0.05) is 22.9 Å². The SMILES string of the molecule is C[C@H](OC(=O)c1ccc([N+](=O)[O-])s1)C(=O)Nc1ccc(F)cc1Cl. The zero-order valence-corrected chi connectivity index (χ0v) is 13.7. The van der Waals surface area contributed by atoms with Gasteiger partial charge in [0.25, 0.3) is 5.91 Å². The van der Waals surface area contributed by atoms with E-state index in [1.807, 2.05) is 0 Å². The number of nitro groups is 1. The van der Waals surface area contributed by atoms with Crippen molar-refractivity contribution in [1.29, 1.82) is 0 Å². The molecule has 7 nitrogen and oxygen atoms in total. The highest BCUT2D eigenvalue weighted by atomic mass is 35.5. The van der Waals surface area contributed by atoms with Crippen LogP contribution in [0.25, 0.3) is 0 Å². The van der Waals surface area contributed by atoms with Gasteiger partial charge in [0.15, 0.2) is 6.10 Å². The predicted molar refractivity (Wildman–Crippen MR) is 85.9 cm³/mol. The number of nitrogens with one attached hydrogen (secondary N) is 1. The number of esters is 1. The lowest BCUT2D eigenvalue weighted by Gasteiger charge is -2.13. The molecule has 1 N–H and O–H groups in total. The first-order chi connectivity index (χ1) is 11.3. The van der Waals surface area contributed by atoms with Crippen LogP contribution in [0.5, 0.6) is 0 Å². The number of halogens is 2. The maximum atomic E-state index is 12.9. The first kappa shape index (κ1) is 17.8. The van der Waals surface area contributed by atoms with Crippen molar-refractivity contribution in [1.82, 2.24) is 0 Å². The van der Waals surface area contributed by atoms with Gasteiger partial charge in [-0.2, -0.15) is 0 Å². The number of nitrogens with zero attached hydrogens (tertiary/aromatic N) is 1. The highest BCUT2D eigenvalue weighted by Gasteiger charge is 2.22. The Morgan fingerprint density at radius 1 is 1.38 bits per heavy atom. The van der Waals surface area contributed by atoms with Crippen molar-refractivity contribution in [2.45, 2.75) is 13.0 Å². The fourth-order valence-corrected chi connectivity index (χ4v) is 2.55. The maximum absolute atomic E-state index is 12.9. The van der Waals surface area contributed by atoms with Crippen molar-refractivity contribution < 1.29 is 23.6 Å². The van der Waals surface area contributed by atoms with E-state index in [4.69, 9.17) is 16.3 Å². The van der Waals surface area contributed by atoms with Crippen molar-refractivity contribution in [2.24, 2.45) is 0 Å². The minimum atomic E-state index is -1.18. The summed E-state index contributed by atoms with van der Waals surface area (Å²) in [5.74, 6) is -2.10. The number of ether oxygens (including phenoxy) is 1. The van der Waals surface area contributed by atoms with E-state index in [9.17, 15) is 24.1 Å². The van der Waals surface area contributed by atoms with E-state index in [2.05, 4.69) is 5.32 Å². The molecule has 0 radical (unpaired) electrons. The van der Waals surface area contributed by atoms with Crippen LogP contribution >= 0.6 is 22.9 Å². The van der Waals surface area contributed by atoms with Crippen LogP contribution in [0.3, 0.4) is 0 Å². The number of carbonyl (C=O) groups is 2. The lowest BCUT2D eigenvalue weighted by molar-refractivity contribution is -0.380.